The number of anilines is 1. The number of pyridine rings is 1. The Bertz CT molecular complexity index is 661. The van der Waals surface area contributed by atoms with Gasteiger partial charge in [-0.15, -0.1) is 0 Å². The summed E-state index contributed by atoms with van der Waals surface area (Å²) >= 11 is 0. The number of aryl methyl sites for hydroxylation is 1. The van der Waals surface area contributed by atoms with Gasteiger partial charge in [0.05, 0.1) is 11.1 Å². The van der Waals surface area contributed by atoms with Gasteiger partial charge < -0.3 is 4.90 Å². The van der Waals surface area contributed by atoms with Gasteiger partial charge in [0.15, 0.2) is 0 Å². The highest BCUT2D eigenvalue weighted by atomic mass is 16.6. The molecule has 0 aromatic carbocycles. The van der Waals surface area contributed by atoms with Gasteiger partial charge in [-0.3, -0.25) is 14.8 Å². The van der Waals surface area contributed by atoms with Crippen molar-refractivity contribution >= 4 is 11.5 Å². The predicted molar refractivity (Wildman–Crippen MR) is 83.0 cm³/mol. The smallest absolute Gasteiger partial charge is 0.311 e. The van der Waals surface area contributed by atoms with Crippen LogP contribution in [0.1, 0.15) is 31.2 Å². The number of nitrogens with zero attached hydrogens (tertiary/aromatic N) is 5. The summed E-state index contributed by atoms with van der Waals surface area (Å²) in [5.41, 5.74) is 1.34. The molecule has 1 aliphatic rings. The molecule has 0 saturated carbocycles. The van der Waals surface area contributed by atoms with Gasteiger partial charge in [-0.25, -0.2) is 4.98 Å². The Hall–Kier alpha value is -2.44. The third-order valence-electron chi connectivity index (χ3n) is 4.21. The van der Waals surface area contributed by atoms with Crippen molar-refractivity contribution in [1.29, 1.82) is 0 Å². The van der Waals surface area contributed by atoms with Crippen molar-refractivity contribution < 1.29 is 4.92 Å². The quantitative estimate of drug-likeness (QED) is 0.640. The molecular weight excluding hydrogens is 282 g/mol. The number of hydrogen-bond donors (Lipinski definition) is 0. The zero-order chi connectivity index (χ0) is 15.5. The second-order valence-electron chi connectivity index (χ2n) is 5.49. The lowest BCUT2D eigenvalue weighted by molar-refractivity contribution is -0.384. The van der Waals surface area contributed by atoms with E-state index in [0.717, 1.165) is 32.5 Å². The van der Waals surface area contributed by atoms with E-state index in [1.807, 2.05) is 15.8 Å². The van der Waals surface area contributed by atoms with E-state index in [2.05, 4.69) is 23.2 Å². The Labute approximate surface area is 128 Å². The molecule has 0 atom stereocenters. The van der Waals surface area contributed by atoms with Crippen LogP contribution in [0.3, 0.4) is 0 Å². The third kappa shape index (κ3) is 2.79. The van der Waals surface area contributed by atoms with Gasteiger partial charge in [0, 0.05) is 38.1 Å². The zero-order valence-corrected chi connectivity index (χ0v) is 12.6. The lowest BCUT2D eigenvalue weighted by Gasteiger charge is -2.32. The van der Waals surface area contributed by atoms with Crippen molar-refractivity contribution in [3.63, 3.8) is 0 Å². The van der Waals surface area contributed by atoms with E-state index in [4.69, 9.17) is 0 Å². The van der Waals surface area contributed by atoms with Gasteiger partial charge in [0.1, 0.15) is 0 Å². The molecule has 0 aliphatic carbocycles. The summed E-state index contributed by atoms with van der Waals surface area (Å²) in [5.74, 6) is 0.953. The van der Waals surface area contributed by atoms with E-state index in [1.54, 1.807) is 12.3 Å². The zero-order valence-electron chi connectivity index (χ0n) is 12.6. The van der Waals surface area contributed by atoms with Crippen LogP contribution in [0.4, 0.5) is 11.5 Å². The van der Waals surface area contributed by atoms with E-state index >= 15 is 0 Å². The molecule has 7 nitrogen and oxygen atoms in total. The molecule has 0 unspecified atom stereocenters. The highest BCUT2D eigenvalue weighted by Crippen LogP contribution is 2.32. The average Bonchev–Trinajstić information content (AvgIpc) is 3.04. The Morgan fingerprint density at radius 2 is 2.18 bits per heavy atom. The molecule has 22 heavy (non-hydrogen) atoms. The molecule has 3 heterocycles. The van der Waals surface area contributed by atoms with Gasteiger partial charge in [0.2, 0.25) is 5.82 Å². The molecule has 2 aromatic rings. The average molecular weight is 301 g/mol. The lowest BCUT2D eigenvalue weighted by Crippen LogP contribution is -2.33. The topological polar surface area (TPSA) is 77.1 Å². The monoisotopic (exact) mass is 301 g/mol. The van der Waals surface area contributed by atoms with E-state index in [1.165, 1.54) is 11.6 Å². The fourth-order valence-electron chi connectivity index (χ4n) is 2.96. The Balaban J connectivity index is 1.70. The first kappa shape index (κ1) is 14.5. The maximum atomic E-state index is 11.1. The largest absolute Gasteiger partial charge is 0.351 e. The summed E-state index contributed by atoms with van der Waals surface area (Å²) < 4.78 is 1.94. The number of nitro groups is 1. The molecule has 3 rings (SSSR count). The summed E-state index contributed by atoms with van der Waals surface area (Å²) in [5, 5.41) is 15.4. The molecule has 0 radical (unpaired) electrons. The molecule has 0 bridgehead atoms. The molecule has 2 aromatic heterocycles. The molecule has 1 saturated heterocycles. The third-order valence-corrected chi connectivity index (χ3v) is 4.21. The van der Waals surface area contributed by atoms with Crippen LogP contribution in [0.5, 0.6) is 0 Å². The molecule has 7 heteroatoms. The van der Waals surface area contributed by atoms with Gasteiger partial charge in [-0.1, -0.05) is 0 Å². The van der Waals surface area contributed by atoms with Gasteiger partial charge in [-0.05, 0) is 37.3 Å². The molecule has 1 fully saturated rings. The van der Waals surface area contributed by atoms with E-state index < -0.39 is 0 Å². The van der Waals surface area contributed by atoms with Crippen LogP contribution in [-0.4, -0.2) is 32.8 Å². The summed E-state index contributed by atoms with van der Waals surface area (Å²) in [4.78, 5) is 17.0. The van der Waals surface area contributed by atoms with E-state index in [0.29, 0.717) is 11.7 Å². The molecular formula is C15H19N5O2. The number of aromatic nitrogens is 3. The normalized spacial score (nSPS) is 16.0. The molecule has 0 amide bonds. The van der Waals surface area contributed by atoms with Crippen LogP contribution in [0.15, 0.2) is 30.7 Å². The fraction of sp³-hybridized carbons (Fsp3) is 0.467. The van der Waals surface area contributed by atoms with Crippen LogP contribution >= 0.6 is 0 Å². The lowest BCUT2D eigenvalue weighted by atomic mass is 9.91. The Kier molecular flexibility index (Phi) is 4.04. The predicted octanol–water partition coefficient (Wildman–Crippen LogP) is 2.59. The molecule has 0 N–H and O–H groups in total. The second kappa shape index (κ2) is 6.13. The first-order chi connectivity index (χ1) is 10.7. The summed E-state index contributed by atoms with van der Waals surface area (Å²) in [6, 6.07) is 3.12. The summed E-state index contributed by atoms with van der Waals surface area (Å²) in [6.07, 6.45) is 7.57. The minimum Gasteiger partial charge on any atom is -0.351 e. The van der Waals surface area contributed by atoms with Crippen LogP contribution in [-0.2, 0) is 6.54 Å². The first-order valence-electron chi connectivity index (χ1n) is 7.55. The highest BCUT2D eigenvalue weighted by molar-refractivity contribution is 5.57. The van der Waals surface area contributed by atoms with E-state index in [-0.39, 0.29) is 10.6 Å². The summed E-state index contributed by atoms with van der Waals surface area (Å²) in [6.45, 7) is 4.50. The molecule has 0 spiro atoms. The van der Waals surface area contributed by atoms with Gasteiger partial charge in [0.25, 0.3) is 0 Å². The minimum atomic E-state index is -0.361. The van der Waals surface area contributed by atoms with Crippen molar-refractivity contribution in [2.24, 2.45) is 0 Å². The number of rotatable bonds is 4. The fourth-order valence-corrected chi connectivity index (χ4v) is 2.96. The minimum absolute atomic E-state index is 0.0831. The first-order valence-corrected chi connectivity index (χ1v) is 7.55. The van der Waals surface area contributed by atoms with Crippen molar-refractivity contribution in [3.05, 3.63) is 46.4 Å². The van der Waals surface area contributed by atoms with Crippen molar-refractivity contribution in [3.8, 4) is 0 Å². The number of piperidine rings is 1. The SMILES string of the molecule is CCn1cc(C2CCN(c3ncccc3[N+](=O)[O-])CC2)cn1. The standard InChI is InChI=1S/C15H19N5O2/c1-2-19-11-13(10-17-19)12-5-8-18(9-6-12)15-14(20(21)22)4-3-7-16-15/h3-4,7,10-12H,2,5-6,8-9H2,1H3. The van der Waals surface area contributed by atoms with Crippen molar-refractivity contribution in [2.45, 2.75) is 32.2 Å². The van der Waals surface area contributed by atoms with Crippen molar-refractivity contribution in [2.75, 3.05) is 18.0 Å². The maximum Gasteiger partial charge on any atom is 0.311 e. The maximum absolute atomic E-state index is 11.1. The molecule has 1 aliphatic heterocycles. The van der Waals surface area contributed by atoms with Crippen LogP contribution in [0, 0.1) is 10.1 Å². The van der Waals surface area contributed by atoms with Crippen molar-refractivity contribution in [1.82, 2.24) is 14.8 Å². The molecule has 116 valence electrons. The Morgan fingerprint density at radius 3 is 2.82 bits per heavy atom. The van der Waals surface area contributed by atoms with Gasteiger partial charge in [-0.2, -0.15) is 5.10 Å². The van der Waals surface area contributed by atoms with Crippen LogP contribution in [0.2, 0.25) is 0 Å². The second-order valence-corrected chi connectivity index (χ2v) is 5.49. The van der Waals surface area contributed by atoms with Gasteiger partial charge >= 0.3 is 5.69 Å². The Morgan fingerprint density at radius 1 is 1.41 bits per heavy atom. The van der Waals surface area contributed by atoms with Crippen LogP contribution < -0.4 is 4.90 Å². The van der Waals surface area contributed by atoms with E-state index in [9.17, 15) is 10.1 Å². The van der Waals surface area contributed by atoms with Crippen LogP contribution in [0.25, 0.3) is 0 Å². The summed E-state index contributed by atoms with van der Waals surface area (Å²) in [7, 11) is 0. The number of hydrogen-bond acceptors (Lipinski definition) is 5. The highest BCUT2D eigenvalue weighted by Gasteiger charge is 2.26.